The van der Waals surface area contributed by atoms with Crippen LogP contribution in [0.5, 0.6) is 0 Å². The normalized spacial score (nSPS) is 28.0. The quantitative estimate of drug-likeness (QED) is 0.261. The second-order valence-electron chi connectivity index (χ2n) is 10.5. The van der Waals surface area contributed by atoms with E-state index in [-0.39, 0.29) is 24.4 Å². The summed E-state index contributed by atoms with van der Waals surface area (Å²) in [7, 11) is 0. The number of hydrogen-bond donors (Lipinski definition) is 1. The Bertz CT molecular complexity index is 1070. The van der Waals surface area contributed by atoms with Crippen molar-refractivity contribution in [3.63, 3.8) is 0 Å². The number of rotatable bonds is 13. The second kappa shape index (κ2) is 15.3. The van der Waals surface area contributed by atoms with Crippen LogP contribution in [0.4, 0.5) is 0 Å². The predicted octanol–water partition coefficient (Wildman–Crippen LogP) is 5.49. The summed E-state index contributed by atoms with van der Waals surface area (Å²) in [6.07, 6.45) is 7.65. The van der Waals surface area contributed by atoms with E-state index in [2.05, 4.69) is 24.8 Å². The van der Waals surface area contributed by atoms with Crippen molar-refractivity contribution in [1.29, 1.82) is 0 Å². The van der Waals surface area contributed by atoms with Gasteiger partial charge in [-0.05, 0) is 50.0 Å². The lowest BCUT2D eigenvalue weighted by Crippen LogP contribution is -2.43. The molecule has 0 aromatic heterocycles. The van der Waals surface area contributed by atoms with E-state index in [0.717, 1.165) is 11.1 Å². The molecule has 1 saturated heterocycles. The van der Waals surface area contributed by atoms with Crippen LogP contribution in [0.15, 0.2) is 97.8 Å². The Morgan fingerprint density at radius 2 is 1.73 bits per heavy atom. The molecule has 7 heteroatoms. The summed E-state index contributed by atoms with van der Waals surface area (Å²) in [5, 5.41) is 10.5. The molecule has 6 atom stereocenters. The van der Waals surface area contributed by atoms with Crippen LogP contribution in [-0.4, -0.2) is 60.7 Å². The molecule has 40 heavy (non-hydrogen) atoms. The van der Waals surface area contributed by atoms with Crippen LogP contribution >= 0.6 is 0 Å². The minimum absolute atomic E-state index is 0.208. The fraction of sp³-hybridized carbons (Fsp3) is 0.455. The zero-order chi connectivity index (χ0) is 28.2. The molecule has 0 saturated carbocycles. The maximum atomic E-state index is 10.5. The standard InChI is InChI=1S/C33H42O7/c1-4-12-30-28(36-20-19-27(34)31-24-38-33(2,3)40-31)17-11-18-29(37-22-26-15-9-6-10-16-26)32(39-30)23-35-21-25-13-7-5-8-14-25/h4-11,13-17,19-20,27-32,34H,1,12,18,21-24H2,2-3H3/b17-11-,20-19+/t27-,28+,29-,30-,31-,32+/m1/s1. The molecule has 2 aromatic carbocycles. The topological polar surface area (TPSA) is 75.6 Å². The highest BCUT2D eigenvalue weighted by molar-refractivity contribution is 5.14. The molecule has 2 aromatic rings. The first-order valence-corrected chi connectivity index (χ1v) is 14.0. The van der Waals surface area contributed by atoms with Gasteiger partial charge < -0.3 is 33.5 Å². The summed E-state index contributed by atoms with van der Waals surface area (Å²) in [4.78, 5) is 0. The lowest BCUT2D eigenvalue weighted by Gasteiger charge is -2.34. The van der Waals surface area contributed by atoms with Crippen LogP contribution in [-0.2, 0) is 41.6 Å². The van der Waals surface area contributed by atoms with Crippen molar-refractivity contribution in [2.24, 2.45) is 0 Å². The van der Waals surface area contributed by atoms with Crippen molar-refractivity contribution in [2.75, 3.05) is 13.2 Å². The average Bonchev–Trinajstić information content (AvgIpc) is 3.33. The first-order valence-electron chi connectivity index (χ1n) is 14.0. The Morgan fingerprint density at radius 1 is 1.02 bits per heavy atom. The van der Waals surface area contributed by atoms with E-state index < -0.39 is 18.0 Å². The van der Waals surface area contributed by atoms with Crippen LogP contribution in [0.1, 0.15) is 37.8 Å². The van der Waals surface area contributed by atoms with E-state index in [9.17, 15) is 5.11 Å². The Kier molecular flexibility index (Phi) is 11.5. The number of benzene rings is 2. The van der Waals surface area contributed by atoms with E-state index in [4.69, 9.17) is 28.4 Å². The first-order chi connectivity index (χ1) is 19.4. The lowest BCUT2D eigenvalue weighted by atomic mass is 10.0. The Morgan fingerprint density at radius 3 is 2.38 bits per heavy atom. The highest BCUT2D eigenvalue weighted by Crippen LogP contribution is 2.26. The van der Waals surface area contributed by atoms with E-state index in [1.165, 1.54) is 6.26 Å². The molecular weight excluding hydrogens is 508 g/mol. The van der Waals surface area contributed by atoms with Crippen LogP contribution in [0.25, 0.3) is 0 Å². The molecule has 4 rings (SSSR count). The summed E-state index contributed by atoms with van der Waals surface area (Å²) in [5.41, 5.74) is 2.20. The number of ether oxygens (including phenoxy) is 6. The molecule has 1 N–H and O–H groups in total. The number of aliphatic hydroxyl groups excluding tert-OH is 1. The molecule has 7 nitrogen and oxygen atoms in total. The fourth-order valence-corrected chi connectivity index (χ4v) is 4.69. The smallest absolute Gasteiger partial charge is 0.163 e. The minimum atomic E-state index is -0.854. The molecule has 2 aliphatic heterocycles. The summed E-state index contributed by atoms with van der Waals surface area (Å²) < 4.78 is 36.5. The van der Waals surface area contributed by atoms with E-state index in [1.807, 2.05) is 74.5 Å². The Hall–Kier alpha value is -2.78. The van der Waals surface area contributed by atoms with Crippen LogP contribution in [0, 0.1) is 0 Å². The van der Waals surface area contributed by atoms with Crippen LogP contribution < -0.4 is 0 Å². The summed E-state index contributed by atoms with van der Waals surface area (Å²) in [5.74, 6) is -0.706. The molecule has 0 spiro atoms. The summed E-state index contributed by atoms with van der Waals surface area (Å²) in [6, 6.07) is 20.2. The Labute approximate surface area is 238 Å². The molecule has 0 bridgehead atoms. The van der Waals surface area contributed by atoms with Gasteiger partial charge in [-0.15, -0.1) is 6.58 Å². The number of hydrogen-bond acceptors (Lipinski definition) is 7. The van der Waals surface area contributed by atoms with Gasteiger partial charge in [0.2, 0.25) is 0 Å². The third kappa shape index (κ3) is 9.41. The van der Waals surface area contributed by atoms with Crippen molar-refractivity contribution in [2.45, 2.75) is 82.3 Å². The molecule has 2 heterocycles. The maximum Gasteiger partial charge on any atom is 0.163 e. The molecule has 0 radical (unpaired) electrons. The fourth-order valence-electron chi connectivity index (χ4n) is 4.69. The summed E-state index contributed by atoms with van der Waals surface area (Å²) in [6.45, 7) is 9.23. The van der Waals surface area contributed by atoms with Gasteiger partial charge in [0.25, 0.3) is 0 Å². The monoisotopic (exact) mass is 550 g/mol. The Balaban J connectivity index is 1.42. The van der Waals surface area contributed by atoms with Crippen molar-refractivity contribution in [3.8, 4) is 0 Å². The largest absolute Gasteiger partial charge is 0.491 e. The molecule has 0 unspecified atom stereocenters. The van der Waals surface area contributed by atoms with Crippen LogP contribution in [0.3, 0.4) is 0 Å². The van der Waals surface area contributed by atoms with Crippen molar-refractivity contribution < 1.29 is 33.5 Å². The van der Waals surface area contributed by atoms with E-state index >= 15 is 0 Å². The molecule has 2 aliphatic rings. The first kappa shape index (κ1) is 30.2. The van der Waals surface area contributed by atoms with Crippen molar-refractivity contribution in [1.82, 2.24) is 0 Å². The van der Waals surface area contributed by atoms with Gasteiger partial charge in [0, 0.05) is 0 Å². The molecule has 216 valence electrons. The lowest BCUT2D eigenvalue weighted by molar-refractivity contribution is -0.153. The van der Waals surface area contributed by atoms with Gasteiger partial charge in [-0.25, -0.2) is 0 Å². The SMILES string of the molecule is C=CC[C@H]1O[C@@H](COCc2ccccc2)[C@H](OCc2ccccc2)C/C=C\[C@@H]1O/C=C/[C@@H](O)[C@H]1COC(C)(C)O1. The highest BCUT2D eigenvalue weighted by atomic mass is 16.7. The van der Waals surface area contributed by atoms with Crippen molar-refractivity contribution in [3.05, 3.63) is 109 Å². The van der Waals surface area contributed by atoms with Crippen molar-refractivity contribution >= 4 is 0 Å². The third-order valence-electron chi connectivity index (χ3n) is 6.85. The molecule has 0 amide bonds. The highest BCUT2D eigenvalue weighted by Gasteiger charge is 2.36. The van der Waals surface area contributed by atoms with Gasteiger partial charge in [-0.2, -0.15) is 0 Å². The van der Waals surface area contributed by atoms with Gasteiger partial charge in [0.05, 0.1) is 38.8 Å². The third-order valence-corrected chi connectivity index (χ3v) is 6.85. The van der Waals surface area contributed by atoms with Gasteiger partial charge in [0.15, 0.2) is 5.79 Å². The molecular formula is C33H42O7. The second-order valence-corrected chi connectivity index (χ2v) is 10.5. The van der Waals surface area contributed by atoms with Gasteiger partial charge >= 0.3 is 0 Å². The maximum absolute atomic E-state index is 10.5. The predicted molar refractivity (Wildman–Crippen MR) is 153 cm³/mol. The molecule has 1 fully saturated rings. The molecule has 0 aliphatic carbocycles. The number of aliphatic hydroxyl groups is 1. The average molecular weight is 551 g/mol. The van der Waals surface area contributed by atoms with Gasteiger partial charge in [-0.1, -0.05) is 72.8 Å². The van der Waals surface area contributed by atoms with E-state index in [1.54, 1.807) is 6.08 Å². The van der Waals surface area contributed by atoms with Crippen LogP contribution in [0.2, 0.25) is 0 Å². The van der Waals surface area contributed by atoms with Gasteiger partial charge in [0.1, 0.15) is 30.5 Å². The van der Waals surface area contributed by atoms with Gasteiger partial charge in [-0.3, -0.25) is 0 Å². The summed E-state index contributed by atoms with van der Waals surface area (Å²) >= 11 is 0. The minimum Gasteiger partial charge on any atom is -0.491 e. The zero-order valence-electron chi connectivity index (χ0n) is 23.5. The van der Waals surface area contributed by atoms with E-state index in [0.29, 0.717) is 39.3 Å². The zero-order valence-corrected chi connectivity index (χ0v) is 23.5.